The lowest BCUT2D eigenvalue weighted by Gasteiger charge is -2.19. The maximum atomic E-state index is 5.23. The SMILES string of the molecule is COCc1cc(NCCNc2ccc3ccccc3n2)nc(C(C)(C)C)n1. The molecule has 2 N–H and O–H groups in total. The van der Waals surface area contributed by atoms with Gasteiger partial charge < -0.3 is 15.4 Å². The van der Waals surface area contributed by atoms with Crippen molar-refractivity contribution in [1.29, 1.82) is 0 Å². The molecule has 6 heteroatoms. The molecule has 0 aliphatic rings. The Morgan fingerprint density at radius 2 is 1.63 bits per heavy atom. The molecule has 27 heavy (non-hydrogen) atoms. The van der Waals surface area contributed by atoms with Gasteiger partial charge in [-0.25, -0.2) is 15.0 Å². The fourth-order valence-corrected chi connectivity index (χ4v) is 2.69. The van der Waals surface area contributed by atoms with E-state index in [1.807, 2.05) is 30.3 Å². The summed E-state index contributed by atoms with van der Waals surface area (Å²) in [5, 5.41) is 7.86. The van der Waals surface area contributed by atoms with Crippen LogP contribution in [0.1, 0.15) is 32.3 Å². The van der Waals surface area contributed by atoms with E-state index in [9.17, 15) is 0 Å². The number of para-hydroxylation sites is 1. The largest absolute Gasteiger partial charge is 0.378 e. The average Bonchev–Trinajstić information content (AvgIpc) is 2.64. The zero-order valence-corrected chi connectivity index (χ0v) is 16.4. The maximum absolute atomic E-state index is 5.23. The highest BCUT2D eigenvalue weighted by molar-refractivity contribution is 5.80. The lowest BCUT2D eigenvalue weighted by molar-refractivity contribution is 0.181. The van der Waals surface area contributed by atoms with Crippen molar-refractivity contribution >= 4 is 22.5 Å². The van der Waals surface area contributed by atoms with Crippen LogP contribution in [-0.2, 0) is 16.8 Å². The number of pyridine rings is 1. The Balaban J connectivity index is 1.61. The first-order chi connectivity index (χ1) is 13.0. The summed E-state index contributed by atoms with van der Waals surface area (Å²) in [7, 11) is 1.67. The standard InChI is InChI=1S/C21H27N5O/c1-21(2,3)20-24-16(14-27-4)13-19(26-20)23-12-11-22-18-10-9-15-7-5-6-8-17(15)25-18/h5-10,13H,11-12,14H2,1-4H3,(H,22,25)(H,23,24,26). The molecule has 0 unspecified atom stereocenters. The van der Waals surface area contributed by atoms with E-state index in [2.05, 4.69) is 58.5 Å². The second-order valence-corrected chi connectivity index (χ2v) is 7.49. The topological polar surface area (TPSA) is 72.0 Å². The molecule has 2 heterocycles. The van der Waals surface area contributed by atoms with Gasteiger partial charge in [-0.05, 0) is 18.2 Å². The Morgan fingerprint density at radius 1 is 0.889 bits per heavy atom. The van der Waals surface area contributed by atoms with Crippen molar-refractivity contribution < 1.29 is 4.74 Å². The van der Waals surface area contributed by atoms with Crippen LogP contribution in [0.4, 0.5) is 11.6 Å². The van der Waals surface area contributed by atoms with E-state index in [0.29, 0.717) is 6.61 Å². The van der Waals surface area contributed by atoms with Crippen molar-refractivity contribution in [3.8, 4) is 0 Å². The van der Waals surface area contributed by atoms with Crippen molar-refractivity contribution in [2.45, 2.75) is 32.8 Å². The number of aromatic nitrogens is 3. The zero-order chi connectivity index (χ0) is 19.3. The average molecular weight is 365 g/mol. The highest BCUT2D eigenvalue weighted by Gasteiger charge is 2.19. The molecule has 0 atom stereocenters. The van der Waals surface area contributed by atoms with E-state index in [1.165, 1.54) is 0 Å². The number of anilines is 2. The van der Waals surface area contributed by atoms with E-state index < -0.39 is 0 Å². The summed E-state index contributed by atoms with van der Waals surface area (Å²) >= 11 is 0. The number of rotatable bonds is 7. The predicted molar refractivity (Wildman–Crippen MR) is 110 cm³/mol. The molecular formula is C21H27N5O. The van der Waals surface area contributed by atoms with Crippen LogP contribution < -0.4 is 10.6 Å². The van der Waals surface area contributed by atoms with E-state index in [1.54, 1.807) is 7.11 Å². The minimum absolute atomic E-state index is 0.118. The van der Waals surface area contributed by atoms with Gasteiger partial charge in [0.05, 0.1) is 17.8 Å². The summed E-state index contributed by atoms with van der Waals surface area (Å²) in [5.74, 6) is 2.49. The Bertz CT molecular complexity index is 904. The molecule has 3 rings (SSSR count). The predicted octanol–water partition coefficient (Wildman–Crippen LogP) is 3.99. The first-order valence-electron chi connectivity index (χ1n) is 9.16. The molecule has 0 saturated heterocycles. The van der Waals surface area contributed by atoms with Gasteiger partial charge in [0.25, 0.3) is 0 Å². The van der Waals surface area contributed by atoms with Crippen molar-refractivity contribution in [2.24, 2.45) is 0 Å². The number of nitrogens with one attached hydrogen (secondary N) is 2. The minimum Gasteiger partial charge on any atom is -0.378 e. The van der Waals surface area contributed by atoms with Gasteiger partial charge in [0, 0.05) is 37.1 Å². The zero-order valence-electron chi connectivity index (χ0n) is 16.4. The fourth-order valence-electron chi connectivity index (χ4n) is 2.69. The lowest BCUT2D eigenvalue weighted by atomic mass is 9.95. The highest BCUT2D eigenvalue weighted by Crippen LogP contribution is 2.21. The van der Waals surface area contributed by atoms with Crippen molar-refractivity contribution in [3.63, 3.8) is 0 Å². The number of ether oxygens (including phenoxy) is 1. The molecule has 3 aromatic rings. The van der Waals surface area contributed by atoms with Crippen LogP contribution in [0, 0.1) is 0 Å². The number of hydrogen-bond donors (Lipinski definition) is 2. The molecule has 142 valence electrons. The van der Waals surface area contributed by atoms with Gasteiger partial charge >= 0.3 is 0 Å². The molecule has 6 nitrogen and oxygen atoms in total. The summed E-state index contributed by atoms with van der Waals surface area (Å²) < 4.78 is 5.23. The van der Waals surface area contributed by atoms with Crippen LogP contribution >= 0.6 is 0 Å². The molecule has 0 amide bonds. The number of benzene rings is 1. The Morgan fingerprint density at radius 3 is 2.37 bits per heavy atom. The Hall–Kier alpha value is -2.73. The van der Waals surface area contributed by atoms with Gasteiger partial charge in [-0.1, -0.05) is 39.0 Å². The third kappa shape index (κ3) is 5.14. The third-order valence-electron chi connectivity index (χ3n) is 4.08. The summed E-state index contributed by atoms with van der Waals surface area (Å²) in [4.78, 5) is 13.9. The van der Waals surface area contributed by atoms with Gasteiger partial charge in [0.1, 0.15) is 17.5 Å². The molecule has 1 aromatic carbocycles. The fraction of sp³-hybridized carbons (Fsp3) is 0.381. The van der Waals surface area contributed by atoms with Crippen molar-refractivity contribution in [2.75, 3.05) is 30.8 Å². The normalized spacial score (nSPS) is 11.6. The van der Waals surface area contributed by atoms with Crippen molar-refractivity contribution in [1.82, 2.24) is 15.0 Å². The molecular weight excluding hydrogens is 338 g/mol. The van der Waals surface area contributed by atoms with Gasteiger partial charge in [-0.2, -0.15) is 0 Å². The Labute approximate surface area is 160 Å². The third-order valence-corrected chi connectivity index (χ3v) is 4.08. The number of fused-ring (bicyclic) bond motifs is 1. The second-order valence-electron chi connectivity index (χ2n) is 7.49. The number of hydrogen-bond acceptors (Lipinski definition) is 6. The second kappa shape index (κ2) is 8.31. The minimum atomic E-state index is -0.118. The van der Waals surface area contributed by atoms with Gasteiger partial charge in [-0.15, -0.1) is 0 Å². The highest BCUT2D eigenvalue weighted by atomic mass is 16.5. The van der Waals surface area contributed by atoms with Crippen LogP contribution in [0.2, 0.25) is 0 Å². The molecule has 2 aromatic heterocycles. The summed E-state index contributed by atoms with van der Waals surface area (Å²) in [6, 6.07) is 14.1. The van der Waals surface area contributed by atoms with Crippen LogP contribution in [0.15, 0.2) is 42.5 Å². The first kappa shape index (κ1) is 19.0. The first-order valence-corrected chi connectivity index (χ1v) is 9.16. The van der Waals surface area contributed by atoms with Crippen LogP contribution in [0.3, 0.4) is 0 Å². The molecule has 0 fully saturated rings. The molecule has 0 radical (unpaired) electrons. The van der Waals surface area contributed by atoms with E-state index in [0.717, 1.165) is 47.1 Å². The van der Waals surface area contributed by atoms with Crippen LogP contribution in [-0.4, -0.2) is 35.2 Å². The molecule has 0 aliphatic carbocycles. The number of nitrogens with zero attached hydrogens (tertiary/aromatic N) is 3. The van der Waals surface area contributed by atoms with Crippen LogP contribution in [0.5, 0.6) is 0 Å². The van der Waals surface area contributed by atoms with Gasteiger partial charge in [-0.3, -0.25) is 0 Å². The molecule has 0 saturated carbocycles. The van der Waals surface area contributed by atoms with Crippen molar-refractivity contribution in [3.05, 3.63) is 54.0 Å². The summed E-state index contributed by atoms with van der Waals surface area (Å²) in [6.45, 7) is 8.25. The molecule has 0 aliphatic heterocycles. The van der Waals surface area contributed by atoms with Gasteiger partial charge in [0.2, 0.25) is 0 Å². The lowest BCUT2D eigenvalue weighted by Crippen LogP contribution is -2.20. The molecule has 0 spiro atoms. The molecule has 0 bridgehead atoms. The van der Waals surface area contributed by atoms with E-state index >= 15 is 0 Å². The Kier molecular flexibility index (Phi) is 5.86. The van der Waals surface area contributed by atoms with Crippen LogP contribution in [0.25, 0.3) is 10.9 Å². The quantitative estimate of drug-likeness (QED) is 0.617. The summed E-state index contributed by atoms with van der Waals surface area (Å²) in [6.07, 6.45) is 0. The monoisotopic (exact) mass is 365 g/mol. The van der Waals surface area contributed by atoms with Gasteiger partial charge in [0.15, 0.2) is 0 Å². The number of methoxy groups -OCH3 is 1. The van der Waals surface area contributed by atoms with E-state index in [-0.39, 0.29) is 5.41 Å². The smallest absolute Gasteiger partial charge is 0.136 e. The maximum Gasteiger partial charge on any atom is 0.136 e. The summed E-state index contributed by atoms with van der Waals surface area (Å²) in [5.41, 5.74) is 1.75. The van der Waals surface area contributed by atoms with E-state index in [4.69, 9.17) is 4.74 Å².